The van der Waals surface area contributed by atoms with E-state index in [0.29, 0.717) is 17.6 Å². The van der Waals surface area contributed by atoms with Gasteiger partial charge in [0.25, 0.3) is 5.91 Å². The number of halogens is 1. The van der Waals surface area contributed by atoms with Gasteiger partial charge in [0.1, 0.15) is 12.4 Å². The number of carbonyl (C=O) groups is 1. The van der Waals surface area contributed by atoms with Crippen LogP contribution in [0.5, 0.6) is 5.75 Å². The molecular formula is C20H25BrN2O4S. The first-order valence-electron chi connectivity index (χ1n) is 8.76. The maximum absolute atomic E-state index is 12.8. The van der Waals surface area contributed by atoms with Gasteiger partial charge in [0.2, 0.25) is 10.0 Å². The second-order valence-electron chi connectivity index (χ2n) is 7.39. The van der Waals surface area contributed by atoms with Gasteiger partial charge in [0.05, 0.1) is 17.0 Å². The zero-order valence-electron chi connectivity index (χ0n) is 16.4. The Kier molecular flexibility index (Phi) is 7.25. The van der Waals surface area contributed by atoms with Crippen LogP contribution in [-0.4, -0.2) is 45.0 Å². The van der Waals surface area contributed by atoms with Crippen LogP contribution < -0.4 is 9.46 Å². The molecule has 0 fully saturated rings. The number of likely N-dealkylation sites (N-methyl/N-ethyl adjacent to an activating group) is 1. The minimum absolute atomic E-state index is 0.0444. The summed E-state index contributed by atoms with van der Waals surface area (Å²) in [5.41, 5.74) is -0.347. The van der Waals surface area contributed by atoms with Gasteiger partial charge in [-0.2, -0.15) is 0 Å². The number of hydrogen-bond acceptors (Lipinski definition) is 4. The average molecular weight is 469 g/mol. The van der Waals surface area contributed by atoms with E-state index >= 15 is 0 Å². The summed E-state index contributed by atoms with van der Waals surface area (Å²) < 4.78 is 33.9. The fourth-order valence-corrected chi connectivity index (χ4v) is 4.28. The minimum Gasteiger partial charge on any atom is -0.492 e. The maximum atomic E-state index is 12.8. The van der Waals surface area contributed by atoms with E-state index in [-0.39, 0.29) is 16.4 Å². The number of sulfonamides is 1. The summed E-state index contributed by atoms with van der Waals surface area (Å²) in [6.45, 7) is 5.97. The smallest absolute Gasteiger partial charge is 0.254 e. The highest BCUT2D eigenvalue weighted by Crippen LogP contribution is 2.23. The van der Waals surface area contributed by atoms with Crippen molar-refractivity contribution in [1.82, 2.24) is 9.62 Å². The second kappa shape index (κ2) is 9.07. The SMILES string of the molecule is CN(CCOc1ccccc1)C(=O)c1cc(S(=O)(=O)NC(C)(C)C)ccc1Br. The lowest BCUT2D eigenvalue weighted by atomic mass is 10.1. The van der Waals surface area contributed by atoms with Crippen molar-refractivity contribution < 1.29 is 17.9 Å². The number of nitrogens with one attached hydrogen (secondary N) is 1. The summed E-state index contributed by atoms with van der Waals surface area (Å²) in [6, 6.07) is 13.7. The van der Waals surface area contributed by atoms with Crippen molar-refractivity contribution in [1.29, 1.82) is 0 Å². The van der Waals surface area contributed by atoms with E-state index in [4.69, 9.17) is 4.74 Å². The third kappa shape index (κ3) is 6.32. The number of benzene rings is 2. The molecule has 1 N–H and O–H groups in total. The van der Waals surface area contributed by atoms with Gasteiger partial charge in [0, 0.05) is 17.1 Å². The highest BCUT2D eigenvalue weighted by atomic mass is 79.9. The molecule has 2 rings (SSSR count). The predicted octanol–water partition coefficient (Wildman–Crippen LogP) is 3.68. The van der Waals surface area contributed by atoms with Crippen molar-refractivity contribution in [2.24, 2.45) is 0 Å². The van der Waals surface area contributed by atoms with Crippen molar-refractivity contribution in [2.45, 2.75) is 31.2 Å². The molecule has 0 atom stereocenters. The summed E-state index contributed by atoms with van der Waals surface area (Å²) in [4.78, 5) is 14.3. The van der Waals surface area contributed by atoms with Gasteiger partial charge in [-0.25, -0.2) is 13.1 Å². The normalized spacial score (nSPS) is 11.9. The standard InChI is InChI=1S/C20H25BrN2O4S/c1-20(2,3)22-28(25,26)16-10-11-18(21)17(14-16)19(24)23(4)12-13-27-15-8-6-5-7-9-15/h5-11,14,22H,12-13H2,1-4H3. The van der Waals surface area contributed by atoms with Crippen molar-refractivity contribution in [3.8, 4) is 5.75 Å². The van der Waals surface area contributed by atoms with Crippen molar-refractivity contribution in [3.05, 3.63) is 58.6 Å². The number of amides is 1. The molecule has 8 heteroatoms. The van der Waals surface area contributed by atoms with Crippen LogP contribution in [0, 0.1) is 0 Å². The lowest BCUT2D eigenvalue weighted by Crippen LogP contribution is -2.40. The molecule has 0 saturated carbocycles. The number of carbonyl (C=O) groups excluding carboxylic acids is 1. The Labute approximate surface area is 175 Å². The Bertz CT molecular complexity index is 925. The molecule has 0 aliphatic rings. The summed E-state index contributed by atoms with van der Waals surface area (Å²) in [5.74, 6) is 0.433. The molecule has 6 nitrogen and oxygen atoms in total. The first kappa shape index (κ1) is 22.4. The molecule has 0 unspecified atom stereocenters. The molecule has 2 aromatic carbocycles. The monoisotopic (exact) mass is 468 g/mol. The molecule has 0 bridgehead atoms. The van der Waals surface area contributed by atoms with Crippen LogP contribution in [-0.2, 0) is 10.0 Å². The minimum atomic E-state index is -3.74. The van der Waals surface area contributed by atoms with Crippen molar-refractivity contribution in [2.75, 3.05) is 20.2 Å². The van der Waals surface area contributed by atoms with E-state index in [0.717, 1.165) is 5.75 Å². The van der Waals surface area contributed by atoms with Gasteiger partial charge >= 0.3 is 0 Å². The first-order chi connectivity index (χ1) is 13.0. The number of ether oxygens (including phenoxy) is 1. The van der Waals surface area contributed by atoms with Crippen molar-refractivity contribution >= 4 is 31.9 Å². The quantitative estimate of drug-likeness (QED) is 0.672. The van der Waals surface area contributed by atoms with Crippen LogP contribution >= 0.6 is 15.9 Å². The molecule has 0 saturated heterocycles. The van der Waals surface area contributed by atoms with Crippen LogP contribution in [0.25, 0.3) is 0 Å². The van der Waals surface area contributed by atoms with Crippen LogP contribution in [0.4, 0.5) is 0 Å². The third-order valence-corrected chi connectivity index (χ3v) is 6.15. The average Bonchev–Trinajstić information content (AvgIpc) is 2.60. The molecular weight excluding hydrogens is 444 g/mol. The molecule has 0 aliphatic heterocycles. The molecule has 0 heterocycles. The number of rotatable bonds is 7. The van der Waals surface area contributed by atoms with E-state index in [9.17, 15) is 13.2 Å². The van der Waals surface area contributed by atoms with Gasteiger partial charge in [-0.1, -0.05) is 18.2 Å². The fraction of sp³-hybridized carbons (Fsp3) is 0.350. The van der Waals surface area contributed by atoms with Gasteiger partial charge in [0.15, 0.2) is 0 Å². The fourth-order valence-electron chi connectivity index (χ4n) is 2.42. The number of hydrogen-bond donors (Lipinski definition) is 1. The summed E-state index contributed by atoms with van der Waals surface area (Å²) in [7, 11) is -2.09. The molecule has 28 heavy (non-hydrogen) atoms. The van der Waals surface area contributed by atoms with Gasteiger partial charge in [-0.3, -0.25) is 4.79 Å². The van der Waals surface area contributed by atoms with E-state index in [2.05, 4.69) is 20.7 Å². The van der Waals surface area contributed by atoms with E-state index in [1.54, 1.807) is 33.9 Å². The predicted molar refractivity (Wildman–Crippen MR) is 113 cm³/mol. The van der Waals surface area contributed by atoms with E-state index in [1.807, 2.05) is 30.3 Å². The number of nitrogens with zero attached hydrogens (tertiary/aromatic N) is 1. The Morgan fingerprint density at radius 2 is 1.79 bits per heavy atom. The van der Waals surface area contributed by atoms with Crippen molar-refractivity contribution in [3.63, 3.8) is 0 Å². The first-order valence-corrected chi connectivity index (χ1v) is 11.0. The van der Waals surface area contributed by atoms with Crippen LogP contribution in [0.3, 0.4) is 0 Å². The summed E-state index contributed by atoms with van der Waals surface area (Å²) in [5, 5.41) is 0. The Hall–Kier alpha value is -1.90. The Balaban J connectivity index is 2.11. The van der Waals surface area contributed by atoms with E-state index in [1.165, 1.54) is 17.0 Å². The molecule has 2 aromatic rings. The Morgan fingerprint density at radius 3 is 2.39 bits per heavy atom. The van der Waals surface area contributed by atoms with Gasteiger partial charge < -0.3 is 9.64 Å². The zero-order chi connectivity index (χ0) is 20.9. The zero-order valence-corrected chi connectivity index (χ0v) is 18.8. The van der Waals surface area contributed by atoms with Crippen LogP contribution in [0.1, 0.15) is 31.1 Å². The maximum Gasteiger partial charge on any atom is 0.254 e. The van der Waals surface area contributed by atoms with Crippen LogP contribution in [0.2, 0.25) is 0 Å². The molecule has 0 radical (unpaired) electrons. The molecule has 0 aliphatic carbocycles. The number of para-hydroxylation sites is 1. The van der Waals surface area contributed by atoms with E-state index < -0.39 is 15.6 Å². The molecule has 0 aromatic heterocycles. The topological polar surface area (TPSA) is 75.7 Å². The second-order valence-corrected chi connectivity index (χ2v) is 9.92. The Morgan fingerprint density at radius 1 is 1.14 bits per heavy atom. The highest BCUT2D eigenvalue weighted by molar-refractivity contribution is 9.10. The largest absolute Gasteiger partial charge is 0.492 e. The molecule has 1 amide bonds. The third-order valence-electron chi connectivity index (χ3n) is 3.70. The highest BCUT2D eigenvalue weighted by Gasteiger charge is 2.24. The van der Waals surface area contributed by atoms with Gasteiger partial charge in [-0.15, -0.1) is 0 Å². The molecule has 152 valence electrons. The lowest BCUT2D eigenvalue weighted by molar-refractivity contribution is 0.0772. The van der Waals surface area contributed by atoms with Crippen LogP contribution in [0.15, 0.2) is 57.9 Å². The lowest BCUT2D eigenvalue weighted by Gasteiger charge is -2.21. The summed E-state index contributed by atoms with van der Waals surface area (Å²) >= 11 is 3.34. The molecule has 0 spiro atoms. The van der Waals surface area contributed by atoms with Gasteiger partial charge in [-0.05, 0) is 67.0 Å². The summed E-state index contributed by atoms with van der Waals surface area (Å²) in [6.07, 6.45) is 0.